The maximum Gasteiger partial charge on any atom is 0.288 e. The van der Waals surface area contributed by atoms with Gasteiger partial charge in [-0.2, -0.15) is 5.10 Å². The first kappa shape index (κ1) is 16.4. The average molecular weight is 334 g/mol. The Kier molecular flexibility index (Phi) is 5.27. The van der Waals surface area contributed by atoms with E-state index in [0.717, 1.165) is 6.07 Å². The van der Waals surface area contributed by atoms with Crippen LogP contribution in [0.2, 0.25) is 5.02 Å². The first-order valence-corrected chi connectivity index (χ1v) is 6.81. The number of nitrogens with zero attached hydrogens (tertiary/aromatic N) is 2. The average Bonchev–Trinajstić information content (AvgIpc) is 2.55. The Morgan fingerprint density at radius 3 is 2.78 bits per heavy atom. The molecule has 1 N–H and O–H groups in total. The smallest absolute Gasteiger partial charge is 0.288 e. The highest BCUT2D eigenvalue weighted by Gasteiger charge is 2.15. The number of carbonyl (C=O) groups excluding carboxylic acids is 1. The second kappa shape index (κ2) is 7.37. The molecule has 0 aromatic heterocycles. The highest BCUT2D eigenvalue weighted by molar-refractivity contribution is 6.32. The quantitative estimate of drug-likeness (QED) is 0.517. The van der Waals surface area contributed by atoms with Gasteiger partial charge in [-0.3, -0.25) is 14.9 Å². The zero-order valence-electron chi connectivity index (χ0n) is 12.0. The lowest BCUT2D eigenvalue weighted by atomic mass is 10.2. The third-order valence-corrected chi connectivity index (χ3v) is 3.23. The number of para-hydroxylation sites is 1. The normalized spacial score (nSPS) is 10.5. The van der Waals surface area contributed by atoms with Gasteiger partial charge in [-0.25, -0.2) is 5.43 Å². The number of carbonyl (C=O) groups is 1. The van der Waals surface area contributed by atoms with Crippen LogP contribution in [0.5, 0.6) is 5.75 Å². The Balaban J connectivity index is 2.12. The van der Waals surface area contributed by atoms with E-state index >= 15 is 0 Å². The number of nitro groups is 1. The number of hydrazone groups is 1. The highest BCUT2D eigenvalue weighted by atomic mass is 35.5. The molecule has 7 nitrogen and oxygen atoms in total. The van der Waals surface area contributed by atoms with Gasteiger partial charge in [0.15, 0.2) is 0 Å². The Bertz CT molecular complexity index is 777. The van der Waals surface area contributed by atoms with Crippen LogP contribution in [-0.2, 0) is 0 Å². The minimum absolute atomic E-state index is 0.0379. The van der Waals surface area contributed by atoms with E-state index in [9.17, 15) is 14.9 Å². The number of hydrogen-bond donors (Lipinski definition) is 1. The molecule has 0 spiro atoms. The van der Waals surface area contributed by atoms with Gasteiger partial charge in [-0.05, 0) is 24.3 Å². The topological polar surface area (TPSA) is 93.8 Å². The summed E-state index contributed by atoms with van der Waals surface area (Å²) in [5, 5.41) is 14.6. The number of methoxy groups -OCH3 is 1. The Morgan fingerprint density at radius 2 is 2.09 bits per heavy atom. The van der Waals surface area contributed by atoms with Crippen molar-refractivity contribution in [2.24, 2.45) is 5.10 Å². The van der Waals surface area contributed by atoms with Crippen LogP contribution in [0, 0.1) is 10.1 Å². The Labute approximate surface area is 136 Å². The van der Waals surface area contributed by atoms with Crippen molar-refractivity contribution in [2.75, 3.05) is 7.11 Å². The zero-order chi connectivity index (χ0) is 16.8. The van der Waals surface area contributed by atoms with Crippen molar-refractivity contribution >= 4 is 29.4 Å². The van der Waals surface area contributed by atoms with Crippen molar-refractivity contribution in [1.29, 1.82) is 0 Å². The second-order valence-electron chi connectivity index (χ2n) is 4.36. The highest BCUT2D eigenvalue weighted by Crippen LogP contribution is 2.25. The number of nitro benzene ring substituents is 1. The molecule has 0 saturated carbocycles. The molecule has 0 atom stereocenters. The number of rotatable bonds is 5. The van der Waals surface area contributed by atoms with Crippen molar-refractivity contribution < 1.29 is 14.5 Å². The number of nitrogens with one attached hydrogen (secondary N) is 1. The van der Waals surface area contributed by atoms with Crippen molar-refractivity contribution in [2.45, 2.75) is 0 Å². The van der Waals surface area contributed by atoms with Crippen LogP contribution in [0.15, 0.2) is 47.6 Å². The standard InChI is InChI=1S/C15H12ClN3O4/c1-23-14-5-3-2-4-11(14)9-17-18-15(20)10-6-7-12(16)13(8-10)19(21)22/h2-9H,1H3,(H,18,20)/b17-9-. The number of benzene rings is 2. The molecule has 23 heavy (non-hydrogen) atoms. The molecule has 0 radical (unpaired) electrons. The molecule has 0 bridgehead atoms. The largest absolute Gasteiger partial charge is 0.496 e. The fourth-order valence-corrected chi connectivity index (χ4v) is 1.98. The van der Waals surface area contributed by atoms with Gasteiger partial charge in [0.25, 0.3) is 11.6 Å². The maximum absolute atomic E-state index is 12.0. The molecule has 0 aliphatic rings. The van der Waals surface area contributed by atoms with E-state index in [0.29, 0.717) is 11.3 Å². The van der Waals surface area contributed by atoms with Crippen molar-refractivity contribution in [1.82, 2.24) is 5.43 Å². The maximum atomic E-state index is 12.0. The lowest BCUT2D eigenvalue weighted by molar-refractivity contribution is -0.384. The monoisotopic (exact) mass is 333 g/mol. The van der Waals surface area contributed by atoms with E-state index in [-0.39, 0.29) is 16.3 Å². The van der Waals surface area contributed by atoms with Gasteiger partial charge in [0.1, 0.15) is 10.8 Å². The molecule has 118 valence electrons. The third-order valence-electron chi connectivity index (χ3n) is 2.91. The first-order valence-electron chi connectivity index (χ1n) is 6.43. The van der Waals surface area contributed by atoms with E-state index in [1.54, 1.807) is 18.2 Å². The van der Waals surface area contributed by atoms with Gasteiger partial charge in [0.2, 0.25) is 0 Å². The SMILES string of the molecule is COc1ccccc1/C=N\NC(=O)c1ccc(Cl)c([N+](=O)[O-])c1. The molecule has 0 heterocycles. The second-order valence-corrected chi connectivity index (χ2v) is 4.77. The summed E-state index contributed by atoms with van der Waals surface area (Å²) in [6.45, 7) is 0. The molecule has 0 fully saturated rings. The number of halogens is 1. The van der Waals surface area contributed by atoms with Crippen LogP contribution in [0.1, 0.15) is 15.9 Å². The minimum atomic E-state index is -0.656. The van der Waals surface area contributed by atoms with Gasteiger partial charge >= 0.3 is 0 Å². The van der Waals surface area contributed by atoms with Crippen LogP contribution in [0.3, 0.4) is 0 Å². The van der Waals surface area contributed by atoms with Gasteiger partial charge in [0.05, 0.1) is 18.2 Å². The van der Waals surface area contributed by atoms with Gasteiger partial charge in [-0.1, -0.05) is 23.7 Å². The summed E-state index contributed by atoms with van der Waals surface area (Å²) in [7, 11) is 1.53. The molecule has 2 rings (SSSR count). The van der Waals surface area contributed by atoms with Crippen molar-refractivity contribution in [3.05, 3.63) is 68.7 Å². The summed E-state index contributed by atoms with van der Waals surface area (Å²) >= 11 is 5.70. The molecule has 0 unspecified atom stereocenters. The van der Waals surface area contributed by atoms with Crippen LogP contribution >= 0.6 is 11.6 Å². The summed E-state index contributed by atoms with van der Waals surface area (Å²) in [5.74, 6) is 0.0172. The van der Waals surface area contributed by atoms with E-state index in [1.165, 1.54) is 25.5 Å². The molecule has 0 aliphatic heterocycles. The van der Waals surface area contributed by atoms with Crippen molar-refractivity contribution in [3.8, 4) is 5.75 Å². The minimum Gasteiger partial charge on any atom is -0.496 e. The fraction of sp³-hybridized carbons (Fsp3) is 0.0667. The van der Waals surface area contributed by atoms with E-state index in [2.05, 4.69) is 10.5 Å². The van der Waals surface area contributed by atoms with Crippen molar-refractivity contribution in [3.63, 3.8) is 0 Å². The summed E-state index contributed by atoms with van der Waals surface area (Å²) in [6, 6.07) is 10.9. The lowest BCUT2D eigenvalue weighted by Gasteiger charge is -2.03. The molecular weight excluding hydrogens is 322 g/mol. The van der Waals surface area contributed by atoms with Gasteiger partial charge in [-0.15, -0.1) is 0 Å². The number of hydrogen-bond acceptors (Lipinski definition) is 5. The summed E-state index contributed by atoms with van der Waals surface area (Å²) in [6.07, 6.45) is 1.42. The van der Waals surface area contributed by atoms with Crippen LogP contribution in [0.25, 0.3) is 0 Å². The van der Waals surface area contributed by atoms with Gasteiger partial charge in [0, 0.05) is 17.2 Å². The van der Waals surface area contributed by atoms with Crippen LogP contribution in [-0.4, -0.2) is 24.2 Å². The summed E-state index contributed by atoms with van der Waals surface area (Å²) in [4.78, 5) is 22.1. The predicted molar refractivity (Wildman–Crippen MR) is 86.2 cm³/mol. The van der Waals surface area contributed by atoms with E-state index in [4.69, 9.17) is 16.3 Å². The third kappa shape index (κ3) is 4.04. The molecule has 2 aromatic rings. The fourth-order valence-electron chi connectivity index (χ4n) is 1.79. The van der Waals surface area contributed by atoms with E-state index < -0.39 is 10.8 Å². The first-order chi connectivity index (χ1) is 11.0. The van der Waals surface area contributed by atoms with E-state index in [1.807, 2.05) is 6.07 Å². The van der Waals surface area contributed by atoms with Gasteiger partial charge < -0.3 is 4.74 Å². The molecule has 0 saturated heterocycles. The Morgan fingerprint density at radius 1 is 1.35 bits per heavy atom. The molecule has 2 aromatic carbocycles. The summed E-state index contributed by atoms with van der Waals surface area (Å²) < 4.78 is 5.15. The number of amides is 1. The Hall–Kier alpha value is -2.93. The molecule has 8 heteroatoms. The number of ether oxygens (including phenoxy) is 1. The molecular formula is C15H12ClN3O4. The summed E-state index contributed by atoms with van der Waals surface area (Å²) in [5.41, 5.74) is 2.71. The van der Waals surface area contributed by atoms with Crippen LogP contribution in [0.4, 0.5) is 5.69 Å². The van der Waals surface area contributed by atoms with Crippen LogP contribution < -0.4 is 10.2 Å². The molecule has 0 aliphatic carbocycles. The molecule has 1 amide bonds. The zero-order valence-corrected chi connectivity index (χ0v) is 12.8. The lowest BCUT2D eigenvalue weighted by Crippen LogP contribution is -2.17. The predicted octanol–water partition coefficient (Wildman–Crippen LogP) is 3.02.